The molecule has 12 heteroatoms. The second kappa shape index (κ2) is 15.9. The fourth-order valence-electron chi connectivity index (χ4n) is 9.52. The van der Waals surface area contributed by atoms with Crippen LogP contribution < -0.4 is 20.3 Å². The Bertz CT molecular complexity index is 1610. The highest BCUT2D eigenvalue weighted by molar-refractivity contribution is 8.00. The summed E-state index contributed by atoms with van der Waals surface area (Å²) in [5.74, 6) is 3.08. The van der Waals surface area contributed by atoms with Crippen LogP contribution in [0.5, 0.6) is 5.75 Å². The van der Waals surface area contributed by atoms with Crippen molar-refractivity contribution in [2.75, 3.05) is 45.0 Å². The van der Waals surface area contributed by atoms with Gasteiger partial charge in [-0.05, 0) is 85.3 Å². The molecule has 3 aliphatic carbocycles. The molecule has 0 spiro atoms. The van der Waals surface area contributed by atoms with Crippen molar-refractivity contribution in [3.63, 3.8) is 0 Å². The predicted molar refractivity (Wildman–Crippen MR) is 210 cm³/mol. The first-order valence-corrected chi connectivity index (χ1v) is 20.2. The summed E-state index contributed by atoms with van der Waals surface area (Å²) in [6.07, 6.45) is 2.68. The number of amides is 2. The number of benzene rings is 2. The summed E-state index contributed by atoms with van der Waals surface area (Å²) in [7, 11) is 7.82. The van der Waals surface area contributed by atoms with E-state index in [0.29, 0.717) is 46.3 Å². The van der Waals surface area contributed by atoms with E-state index in [1.165, 1.54) is 18.6 Å². The minimum atomic E-state index is -0.888. The number of methoxy groups -OCH3 is 1. The molecule has 10 atom stereocenters. The van der Waals surface area contributed by atoms with Crippen LogP contribution in [0.3, 0.4) is 0 Å². The molecule has 5 fully saturated rings. The van der Waals surface area contributed by atoms with Gasteiger partial charge in [-0.15, -0.1) is 0 Å². The average molecular weight is 735 g/mol. The average Bonchev–Trinajstić information content (AvgIpc) is 3.71. The molecule has 2 aromatic carbocycles. The van der Waals surface area contributed by atoms with Gasteiger partial charge in [0.1, 0.15) is 25.7 Å². The Labute approximate surface area is 315 Å². The highest BCUT2D eigenvalue weighted by Crippen LogP contribution is 2.61. The summed E-state index contributed by atoms with van der Waals surface area (Å²) in [5.41, 5.74) is 4.16. The van der Waals surface area contributed by atoms with E-state index in [0.717, 1.165) is 41.0 Å². The largest absolute Gasteiger partial charge is 0.496 e. The third-order valence-electron chi connectivity index (χ3n) is 12.7. The predicted octanol–water partition coefficient (Wildman–Crippen LogP) is 4.14. The maximum absolute atomic E-state index is 14.2. The molecule has 4 N–H and O–H groups in total. The van der Waals surface area contributed by atoms with E-state index in [4.69, 9.17) is 9.57 Å². The number of fused-ring (bicyclic) bond motifs is 2. The lowest BCUT2D eigenvalue weighted by molar-refractivity contribution is -0.183. The number of carbonyl (C=O) groups excluding carboxylic acids is 2. The maximum atomic E-state index is 14.2. The van der Waals surface area contributed by atoms with Crippen molar-refractivity contribution < 1.29 is 29.4 Å². The number of para-hydroxylation sites is 1. The Morgan fingerprint density at radius 1 is 1.19 bits per heavy atom. The highest BCUT2D eigenvalue weighted by atomic mass is 32.2. The van der Waals surface area contributed by atoms with E-state index in [1.54, 1.807) is 19.1 Å². The lowest BCUT2D eigenvalue weighted by atomic mass is 9.45. The number of rotatable bonds is 13. The number of thioether (sulfide) groups is 1. The number of nitrogens with zero attached hydrogens (tertiary/aromatic N) is 2. The van der Waals surface area contributed by atoms with Crippen LogP contribution in [0.25, 0.3) is 11.1 Å². The quantitative estimate of drug-likeness (QED) is 0.225. The van der Waals surface area contributed by atoms with Crippen LogP contribution in [0.2, 0.25) is 5.82 Å². The zero-order chi connectivity index (χ0) is 37.5. The summed E-state index contributed by atoms with van der Waals surface area (Å²) in [5, 5.41) is 30.0. The van der Waals surface area contributed by atoms with Crippen molar-refractivity contribution in [1.82, 2.24) is 15.7 Å². The molecule has 2 amide bonds. The zero-order valence-corrected chi connectivity index (χ0v) is 33.0. The van der Waals surface area contributed by atoms with Crippen LogP contribution in [-0.2, 0) is 16.2 Å². The standard InChI is InChI=1S/C40H59BN4O6S/c1-22-32-16-27(40(32,3)4)17-33(22)43-39(49)36-35(23(2)47)34(20-46)51-45(36)19-24-9-8-10-31(37(24)50-7)25-13-26(15-29(14-25)44(5)6)38(48)42-12-11-30-18-28(41)21-52-30/h8-10,13-15,22-23,27-28,30,32-36,46-47H,11-12,16-21,41H2,1-7H3,(H,42,48)(H,43,49)/t22-,23-,27+,28?,30?,32-,33-,34-,35-,36-/m0/s1. The third-order valence-corrected chi connectivity index (χ3v) is 14.4. The van der Waals surface area contributed by atoms with Gasteiger partial charge in [-0.2, -0.15) is 16.8 Å². The van der Waals surface area contributed by atoms with Gasteiger partial charge in [-0.3, -0.25) is 14.4 Å². The molecule has 5 aliphatic rings. The van der Waals surface area contributed by atoms with Crippen molar-refractivity contribution in [3.05, 3.63) is 47.5 Å². The third kappa shape index (κ3) is 7.74. The first-order valence-electron chi connectivity index (χ1n) is 19.1. The van der Waals surface area contributed by atoms with Gasteiger partial charge >= 0.3 is 0 Å². The van der Waals surface area contributed by atoms with Crippen LogP contribution in [0.4, 0.5) is 5.69 Å². The van der Waals surface area contributed by atoms with Gasteiger partial charge in [-0.25, -0.2) is 0 Å². The molecular weight excluding hydrogens is 675 g/mol. The van der Waals surface area contributed by atoms with Crippen LogP contribution >= 0.6 is 11.8 Å². The molecule has 2 bridgehead atoms. The summed E-state index contributed by atoms with van der Waals surface area (Å²) in [6, 6.07) is 10.9. The van der Waals surface area contributed by atoms with Crippen LogP contribution in [0.1, 0.15) is 69.3 Å². The molecule has 2 saturated heterocycles. The lowest BCUT2D eigenvalue weighted by Crippen LogP contribution is -2.62. The number of nitrogens with one attached hydrogen (secondary N) is 2. The number of hydrogen-bond acceptors (Lipinski definition) is 9. The Kier molecular flexibility index (Phi) is 11.9. The molecule has 2 unspecified atom stereocenters. The van der Waals surface area contributed by atoms with Crippen LogP contribution in [-0.4, -0.2) is 105 Å². The lowest BCUT2D eigenvalue weighted by Gasteiger charge is -2.62. The molecule has 2 aliphatic heterocycles. The Morgan fingerprint density at radius 3 is 2.58 bits per heavy atom. The van der Waals surface area contributed by atoms with Gasteiger partial charge < -0.3 is 30.5 Å². The number of aliphatic hydroxyl groups excluding tert-OH is 2. The monoisotopic (exact) mass is 734 g/mol. The topological polar surface area (TPSA) is 124 Å². The van der Waals surface area contributed by atoms with Crippen molar-refractivity contribution in [2.45, 2.75) is 95.3 Å². The fourth-order valence-corrected chi connectivity index (χ4v) is 11.0. The maximum Gasteiger partial charge on any atom is 0.251 e. The number of aliphatic hydroxyl groups is 2. The molecule has 284 valence electrons. The van der Waals surface area contributed by atoms with E-state index in [-0.39, 0.29) is 31.0 Å². The SMILES string of the molecule is BC1CSC(CCNC(=O)c2cc(-c3cccc(CN4O[C@@H](CO)[C@H]([C@H](C)O)[C@H]4C(=O)N[C@H]4C[C@H]5C[C@@H]([C@@H]4C)C5(C)C)c3OC)cc(N(C)C)c2)C1. The molecule has 2 heterocycles. The smallest absolute Gasteiger partial charge is 0.251 e. The fraction of sp³-hybridized carbons (Fsp3) is 0.650. The number of carbonyl (C=O) groups is 2. The Hall–Kier alpha value is -2.77. The van der Waals surface area contributed by atoms with Gasteiger partial charge in [0.05, 0.1) is 26.4 Å². The number of hydroxylamine groups is 2. The van der Waals surface area contributed by atoms with E-state index in [2.05, 4.69) is 39.3 Å². The van der Waals surface area contributed by atoms with Crippen LogP contribution in [0.15, 0.2) is 36.4 Å². The molecule has 7 rings (SSSR count). The van der Waals surface area contributed by atoms with Gasteiger partial charge in [0.15, 0.2) is 0 Å². The van der Waals surface area contributed by atoms with Gasteiger partial charge in [0.2, 0.25) is 5.91 Å². The first kappa shape index (κ1) is 38.9. The van der Waals surface area contributed by atoms with E-state index < -0.39 is 24.2 Å². The van der Waals surface area contributed by atoms with Crippen molar-refractivity contribution >= 4 is 37.1 Å². The molecule has 0 aromatic heterocycles. The summed E-state index contributed by atoms with van der Waals surface area (Å²) in [4.78, 5) is 36.0. The van der Waals surface area contributed by atoms with E-state index in [1.807, 2.05) is 67.2 Å². The van der Waals surface area contributed by atoms with E-state index in [9.17, 15) is 19.8 Å². The number of ether oxygens (including phenoxy) is 1. The molecule has 10 nitrogen and oxygen atoms in total. The van der Waals surface area contributed by atoms with Crippen molar-refractivity contribution in [1.29, 1.82) is 0 Å². The second-order valence-corrected chi connectivity index (χ2v) is 18.1. The molecular formula is C40H59BN4O6S. The van der Waals surface area contributed by atoms with Crippen LogP contribution in [0, 0.1) is 29.1 Å². The van der Waals surface area contributed by atoms with E-state index >= 15 is 0 Å². The highest BCUT2D eigenvalue weighted by Gasteiger charge is 2.57. The zero-order valence-electron chi connectivity index (χ0n) is 32.2. The summed E-state index contributed by atoms with van der Waals surface area (Å²) >= 11 is 2.00. The van der Waals surface area contributed by atoms with Gasteiger partial charge in [0, 0.05) is 60.2 Å². The molecule has 0 radical (unpaired) electrons. The molecule has 52 heavy (non-hydrogen) atoms. The number of hydrogen-bond donors (Lipinski definition) is 4. The Morgan fingerprint density at radius 2 is 1.96 bits per heavy atom. The summed E-state index contributed by atoms with van der Waals surface area (Å²) in [6.45, 7) is 9.07. The molecule has 2 aromatic rings. The van der Waals surface area contributed by atoms with Crippen molar-refractivity contribution in [3.8, 4) is 16.9 Å². The summed E-state index contributed by atoms with van der Waals surface area (Å²) < 4.78 is 6.07. The van der Waals surface area contributed by atoms with Gasteiger partial charge in [0.25, 0.3) is 5.91 Å². The minimum absolute atomic E-state index is 0.0486. The second-order valence-electron chi connectivity index (χ2n) is 16.7. The number of anilines is 1. The molecule has 3 saturated carbocycles. The Balaban J connectivity index is 1.25. The van der Waals surface area contributed by atoms with Crippen molar-refractivity contribution in [2.24, 2.45) is 29.1 Å². The van der Waals surface area contributed by atoms with Gasteiger partial charge in [-0.1, -0.05) is 44.8 Å². The minimum Gasteiger partial charge on any atom is -0.496 e. The first-order chi connectivity index (χ1) is 24.7. The normalized spacial score (nSPS) is 31.4.